The van der Waals surface area contributed by atoms with Crippen molar-refractivity contribution in [3.8, 4) is 17.1 Å². The van der Waals surface area contributed by atoms with Crippen LogP contribution in [0.5, 0.6) is 5.88 Å². The monoisotopic (exact) mass is 341 g/mol. The number of hydrogen-bond donors (Lipinski definition) is 1. The van der Waals surface area contributed by atoms with Crippen LogP contribution in [0.25, 0.3) is 11.3 Å². The van der Waals surface area contributed by atoms with Crippen LogP contribution in [-0.4, -0.2) is 52.6 Å². The number of anilines is 1. The lowest BCUT2D eigenvalue weighted by atomic mass is 10.1. The van der Waals surface area contributed by atoms with Crippen LogP contribution in [0.4, 0.5) is 5.82 Å². The molecule has 2 atom stereocenters. The summed E-state index contributed by atoms with van der Waals surface area (Å²) in [6, 6.07) is 4.33. The van der Waals surface area contributed by atoms with Crippen molar-refractivity contribution in [2.75, 3.05) is 24.7 Å². The van der Waals surface area contributed by atoms with Crippen molar-refractivity contribution in [3.05, 3.63) is 23.9 Å². The molecule has 8 nitrogen and oxygen atoms in total. The van der Waals surface area contributed by atoms with Gasteiger partial charge in [-0.05, 0) is 18.6 Å². The summed E-state index contributed by atoms with van der Waals surface area (Å²) < 4.78 is 13.0. The molecule has 0 spiro atoms. The number of rotatable bonds is 3. The van der Waals surface area contributed by atoms with Crippen molar-refractivity contribution in [2.24, 2.45) is 5.73 Å². The molecule has 5 rings (SSSR count). The van der Waals surface area contributed by atoms with Crippen LogP contribution in [0.1, 0.15) is 23.2 Å². The molecule has 2 fully saturated rings. The third-order valence-corrected chi connectivity index (χ3v) is 5.12. The third kappa shape index (κ3) is 2.28. The second-order valence-corrected chi connectivity index (χ2v) is 6.72. The van der Waals surface area contributed by atoms with Gasteiger partial charge in [0.1, 0.15) is 17.1 Å². The van der Waals surface area contributed by atoms with Gasteiger partial charge in [-0.25, -0.2) is 9.67 Å². The minimum atomic E-state index is -0.531. The Morgan fingerprint density at radius 3 is 2.96 bits per heavy atom. The molecule has 8 heteroatoms. The standard InChI is InChI=1S/C17H19N5O3/c18-16(23)14-15(20-22-4-1-5-24-17(14)22)10-2-3-13(19-7-10)21-8-12-6-11(21)9-25-12/h2-3,7,11-12H,1,4-6,8-9H2,(H2,18,23)/t11-,12-/m1/s1. The number of nitrogens with two attached hydrogens (primary N) is 1. The van der Waals surface area contributed by atoms with Gasteiger partial charge in [0.2, 0.25) is 5.88 Å². The van der Waals surface area contributed by atoms with Gasteiger partial charge < -0.3 is 20.1 Å². The summed E-state index contributed by atoms with van der Waals surface area (Å²) in [6.45, 7) is 2.95. The van der Waals surface area contributed by atoms with Gasteiger partial charge in [0, 0.05) is 31.3 Å². The molecule has 0 unspecified atom stereocenters. The predicted molar refractivity (Wildman–Crippen MR) is 89.6 cm³/mol. The average molecular weight is 341 g/mol. The topological polar surface area (TPSA) is 95.5 Å². The summed E-state index contributed by atoms with van der Waals surface area (Å²) in [6.07, 6.45) is 4.01. The van der Waals surface area contributed by atoms with Gasteiger partial charge in [-0.3, -0.25) is 4.79 Å². The Morgan fingerprint density at radius 1 is 1.36 bits per heavy atom. The molecule has 0 saturated carbocycles. The Hall–Kier alpha value is -2.61. The Labute approximate surface area is 144 Å². The zero-order valence-corrected chi connectivity index (χ0v) is 13.7. The van der Waals surface area contributed by atoms with E-state index < -0.39 is 5.91 Å². The fourth-order valence-corrected chi connectivity index (χ4v) is 3.93. The molecule has 0 aromatic carbocycles. The lowest BCUT2D eigenvalue weighted by Crippen LogP contribution is -2.37. The van der Waals surface area contributed by atoms with Gasteiger partial charge in [0.15, 0.2) is 0 Å². The number of ether oxygens (including phenoxy) is 2. The summed E-state index contributed by atoms with van der Waals surface area (Å²) in [5.74, 6) is 0.864. The highest BCUT2D eigenvalue weighted by Crippen LogP contribution is 2.34. The maximum absolute atomic E-state index is 11.9. The Morgan fingerprint density at radius 2 is 2.28 bits per heavy atom. The normalized spacial score (nSPS) is 24.2. The maximum atomic E-state index is 11.9. The number of morpholine rings is 1. The van der Waals surface area contributed by atoms with Gasteiger partial charge in [0.05, 0.1) is 25.4 Å². The summed E-state index contributed by atoms with van der Waals surface area (Å²) >= 11 is 0. The lowest BCUT2D eigenvalue weighted by Gasteiger charge is -2.27. The molecule has 3 aliphatic heterocycles. The summed E-state index contributed by atoms with van der Waals surface area (Å²) in [5, 5.41) is 4.52. The van der Waals surface area contributed by atoms with E-state index in [1.807, 2.05) is 12.1 Å². The first kappa shape index (κ1) is 14.7. The molecule has 5 heterocycles. The highest BCUT2D eigenvalue weighted by atomic mass is 16.5. The molecule has 25 heavy (non-hydrogen) atoms. The van der Waals surface area contributed by atoms with E-state index >= 15 is 0 Å². The van der Waals surface area contributed by atoms with E-state index in [1.165, 1.54) is 0 Å². The average Bonchev–Trinajstić information content (AvgIpc) is 3.35. The van der Waals surface area contributed by atoms with Gasteiger partial charge >= 0.3 is 0 Å². The third-order valence-electron chi connectivity index (χ3n) is 5.12. The van der Waals surface area contributed by atoms with Crippen molar-refractivity contribution in [3.63, 3.8) is 0 Å². The molecule has 2 saturated heterocycles. The number of aromatic nitrogens is 3. The zero-order chi connectivity index (χ0) is 17.0. The molecule has 2 bridgehead atoms. The van der Waals surface area contributed by atoms with E-state index in [-0.39, 0.29) is 0 Å². The van der Waals surface area contributed by atoms with Crippen molar-refractivity contribution < 1.29 is 14.3 Å². The molecular formula is C17H19N5O3. The number of carbonyl (C=O) groups excluding carboxylic acids is 1. The number of aryl methyl sites for hydroxylation is 1. The van der Waals surface area contributed by atoms with Crippen LogP contribution >= 0.6 is 0 Å². The Kier molecular flexibility index (Phi) is 3.21. The number of amides is 1. The lowest BCUT2D eigenvalue weighted by molar-refractivity contribution is 0.0987. The fourth-order valence-electron chi connectivity index (χ4n) is 3.93. The van der Waals surface area contributed by atoms with Crippen molar-refractivity contribution in [1.82, 2.24) is 14.8 Å². The molecule has 0 radical (unpaired) electrons. The van der Waals surface area contributed by atoms with E-state index in [4.69, 9.17) is 15.2 Å². The number of pyridine rings is 1. The quantitative estimate of drug-likeness (QED) is 0.887. The Balaban J connectivity index is 1.49. The van der Waals surface area contributed by atoms with Crippen molar-refractivity contribution in [1.29, 1.82) is 0 Å². The molecule has 2 aromatic rings. The maximum Gasteiger partial charge on any atom is 0.256 e. The van der Waals surface area contributed by atoms with Gasteiger partial charge in [0.25, 0.3) is 5.91 Å². The van der Waals surface area contributed by atoms with E-state index in [0.29, 0.717) is 35.9 Å². The fraction of sp³-hybridized carbons (Fsp3) is 0.471. The highest BCUT2D eigenvalue weighted by Gasteiger charge is 2.39. The summed E-state index contributed by atoms with van der Waals surface area (Å²) in [4.78, 5) is 18.8. The highest BCUT2D eigenvalue weighted by molar-refractivity contribution is 6.01. The number of fused-ring (bicyclic) bond motifs is 3. The second-order valence-electron chi connectivity index (χ2n) is 6.72. The molecule has 2 aromatic heterocycles. The molecule has 1 amide bonds. The first-order valence-electron chi connectivity index (χ1n) is 8.59. The van der Waals surface area contributed by atoms with Crippen LogP contribution < -0.4 is 15.4 Å². The largest absolute Gasteiger partial charge is 0.477 e. The zero-order valence-electron chi connectivity index (χ0n) is 13.7. The minimum Gasteiger partial charge on any atom is -0.477 e. The number of hydrogen-bond acceptors (Lipinski definition) is 6. The number of carbonyl (C=O) groups is 1. The first-order valence-corrected chi connectivity index (χ1v) is 8.59. The predicted octanol–water partition coefficient (Wildman–Crippen LogP) is 0.804. The molecule has 2 N–H and O–H groups in total. The van der Waals surface area contributed by atoms with Crippen LogP contribution in [0.2, 0.25) is 0 Å². The van der Waals surface area contributed by atoms with Crippen LogP contribution in [0, 0.1) is 0 Å². The SMILES string of the molecule is NC(=O)c1c(-c2ccc(N3C[C@H]4C[C@@H]3CO4)nc2)nn2c1OCCC2. The Bertz CT molecular complexity index is 832. The van der Waals surface area contributed by atoms with Crippen LogP contribution in [0.15, 0.2) is 18.3 Å². The van der Waals surface area contributed by atoms with Crippen molar-refractivity contribution >= 4 is 11.7 Å². The smallest absolute Gasteiger partial charge is 0.256 e. The molecule has 0 aliphatic carbocycles. The summed E-state index contributed by atoms with van der Waals surface area (Å²) in [5.41, 5.74) is 7.22. The molecular weight excluding hydrogens is 322 g/mol. The van der Waals surface area contributed by atoms with E-state index in [2.05, 4.69) is 15.0 Å². The van der Waals surface area contributed by atoms with E-state index in [1.54, 1.807) is 10.9 Å². The van der Waals surface area contributed by atoms with Gasteiger partial charge in [-0.1, -0.05) is 0 Å². The number of nitrogens with zero attached hydrogens (tertiary/aromatic N) is 4. The first-order chi connectivity index (χ1) is 12.2. The van der Waals surface area contributed by atoms with Crippen LogP contribution in [-0.2, 0) is 11.3 Å². The van der Waals surface area contributed by atoms with E-state index in [9.17, 15) is 4.79 Å². The molecule has 130 valence electrons. The summed E-state index contributed by atoms with van der Waals surface area (Å²) in [7, 11) is 0. The molecule has 3 aliphatic rings. The minimum absolute atomic E-state index is 0.324. The van der Waals surface area contributed by atoms with Gasteiger partial charge in [-0.15, -0.1) is 0 Å². The van der Waals surface area contributed by atoms with Crippen molar-refractivity contribution in [2.45, 2.75) is 31.5 Å². The number of primary amides is 1. The second kappa shape index (κ2) is 5.45. The van der Waals surface area contributed by atoms with Crippen LogP contribution in [0.3, 0.4) is 0 Å². The van der Waals surface area contributed by atoms with Gasteiger partial charge in [-0.2, -0.15) is 5.10 Å². The van der Waals surface area contributed by atoms with E-state index in [0.717, 1.165) is 43.9 Å².